The molecule has 3 rings (SSSR count). The summed E-state index contributed by atoms with van der Waals surface area (Å²) in [6, 6.07) is 7.36. The first-order valence-corrected chi connectivity index (χ1v) is 8.67. The zero-order valence-electron chi connectivity index (χ0n) is 14.6. The van der Waals surface area contributed by atoms with Gasteiger partial charge in [-0.3, -0.25) is 4.79 Å². The first-order chi connectivity index (χ1) is 12.0. The van der Waals surface area contributed by atoms with E-state index in [0.717, 1.165) is 18.5 Å². The zero-order chi connectivity index (χ0) is 17.8. The predicted octanol–water partition coefficient (Wildman–Crippen LogP) is 2.40. The first kappa shape index (κ1) is 17.4. The summed E-state index contributed by atoms with van der Waals surface area (Å²) in [5.41, 5.74) is 1.31. The first-order valence-electron chi connectivity index (χ1n) is 8.67. The number of hydrogen-bond acceptors (Lipinski definition) is 6. The minimum atomic E-state index is -0.438. The van der Waals surface area contributed by atoms with Crippen LogP contribution in [0.2, 0.25) is 0 Å². The second-order valence-electron chi connectivity index (χ2n) is 6.65. The number of rotatable bonds is 5. The Morgan fingerprint density at radius 2 is 2.24 bits per heavy atom. The number of piperidine rings is 1. The highest BCUT2D eigenvalue weighted by Crippen LogP contribution is 2.21. The molecule has 25 heavy (non-hydrogen) atoms. The van der Waals surface area contributed by atoms with Crippen molar-refractivity contribution in [3.63, 3.8) is 0 Å². The molecule has 2 N–H and O–H groups in total. The molecule has 2 heterocycles. The highest BCUT2D eigenvalue weighted by atomic mass is 16.5. The van der Waals surface area contributed by atoms with Gasteiger partial charge in [-0.05, 0) is 25.0 Å². The number of amides is 1. The van der Waals surface area contributed by atoms with E-state index in [1.807, 2.05) is 32.0 Å². The van der Waals surface area contributed by atoms with E-state index in [4.69, 9.17) is 4.52 Å². The van der Waals surface area contributed by atoms with Gasteiger partial charge in [-0.2, -0.15) is 4.98 Å². The highest BCUT2D eigenvalue weighted by Gasteiger charge is 2.24. The normalized spacial score (nSPS) is 17.8. The van der Waals surface area contributed by atoms with Crippen molar-refractivity contribution in [1.82, 2.24) is 15.0 Å². The molecule has 1 atom stereocenters. The number of aliphatic hydroxyl groups is 1. The van der Waals surface area contributed by atoms with Gasteiger partial charge in [-0.15, -0.1) is 0 Å². The molecule has 7 nitrogen and oxygen atoms in total. The van der Waals surface area contributed by atoms with Gasteiger partial charge in [0.1, 0.15) is 0 Å². The molecule has 7 heteroatoms. The Labute approximate surface area is 147 Å². The van der Waals surface area contributed by atoms with Crippen LogP contribution in [0.1, 0.15) is 54.7 Å². The van der Waals surface area contributed by atoms with Crippen molar-refractivity contribution in [3.05, 3.63) is 41.5 Å². The van der Waals surface area contributed by atoms with Gasteiger partial charge in [0.15, 0.2) is 5.82 Å². The number of nitrogens with one attached hydrogen (secondary N) is 1. The standard InChI is InChI=1S/C18H24N4O3/c1-12(2)17-20-16(21-25-17)10-19-15-8-4-3-7-14(15)18(24)22-9-5-6-13(23)11-22/h3-4,7-8,12-13,19,23H,5-6,9-11H2,1-2H3. The van der Waals surface area contributed by atoms with Gasteiger partial charge in [-0.1, -0.05) is 31.1 Å². The summed E-state index contributed by atoms with van der Waals surface area (Å²) in [6.45, 7) is 5.42. The lowest BCUT2D eigenvalue weighted by molar-refractivity contribution is 0.0474. The Bertz CT molecular complexity index is 729. The Morgan fingerprint density at radius 3 is 2.96 bits per heavy atom. The van der Waals surface area contributed by atoms with E-state index in [1.165, 1.54) is 0 Å². The topological polar surface area (TPSA) is 91.5 Å². The SMILES string of the molecule is CC(C)c1nc(CNc2ccccc2C(=O)N2CCCC(O)C2)no1. The van der Waals surface area contributed by atoms with E-state index in [9.17, 15) is 9.90 Å². The number of nitrogens with zero attached hydrogens (tertiary/aromatic N) is 3. The summed E-state index contributed by atoms with van der Waals surface area (Å²) in [5, 5.41) is 17.0. The Hall–Kier alpha value is -2.41. The van der Waals surface area contributed by atoms with Crippen LogP contribution < -0.4 is 5.32 Å². The van der Waals surface area contributed by atoms with Crippen LogP contribution in [0.15, 0.2) is 28.8 Å². The smallest absolute Gasteiger partial charge is 0.256 e. The lowest BCUT2D eigenvalue weighted by atomic mass is 10.1. The third kappa shape index (κ3) is 4.17. The number of anilines is 1. The molecule has 0 radical (unpaired) electrons. The van der Waals surface area contributed by atoms with Crippen molar-refractivity contribution < 1.29 is 14.4 Å². The molecule has 0 bridgehead atoms. The van der Waals surface area contributed by atoms with Crippen LogP contribution in [-0.4, -0.2) is 45.2 Å². The maximum atomic E-state index is 12.8. The van der Waals surface area contributed by atoms with E-state index >= 15 is 0 Å². The number of carbonyl (C=O) groups excluding carboxylic acids is 1. The van der Waals surface area contributed by atoms with Gasteiger partial charge in [0.05, 0.1) is 18.2 Å². The molecule has 1 amide bonds. The fraction of sp³-hybridized carbons (Fsp3) is 0.500. The largest absolute Gasteiger partial charge is 0.391 e. The lowest BCUT2D eigenvalue weighted by Gasteiger charge is -2.30. The van der Waals surface area contributed by atoms with Gasteiger partial charge in [0.25, 0.3) is 5.91 Å². The summed E-state index contributed by atoms with van der Waals surface area (Å²) in [5.74, 6) is 1.27. The number of β-amino-alcohol motifs (C(OH)–C–C–N with tert-alkyl or cyclic N) is 1. The van der Waals surface area contributed by atoms with Crippen LogP contribution in [0, 0.1) is 0 Å². The average Bonchev–Trinajstić information content (AvgIpc) is 3.09. The molecule has 1 aromatic heterocycles. The molecule has 1 saturated heterocycles. The fourth-order valence-corrected chi connectivity index (χ4v) is 2.88. The van der Waals surface area contributed by atoms with Crippen molar-refractivity contribution in [2.24, 2.45) is 0 Å². The highest BCUT2D eigenvalue weighted by molar-refractivity contribution is 5.99. The van der Waals surface area contributed by atoms with E-state index in [0.29, 0.717) is 36.9 Å². The predicted molar refractivity (Wildman–Crippen MR) is 93.3 cm³/mol. The monoisotopic (exact) mass is 344 g/mol. The molecule has 2 aromatic rings. The number of likely N-dealkylation sites (tertiary alicyclic amines) is 1. The molecular weight excluding hydrogens is 320 g/mol. The summed E-state index contributed by atoms with van der Waals surface area (Å²) in [6.07, 6.45) is 1.13. The molecular formula is C18H24N4O3. The van der Waals surface area contributed by atoms with Crippen molar-refractivity contribution in [3.8, 4) is 0 Å². The van der Waals surface area contributed by atoms with E-state index in [-0.39, 0.29) is 11.8 Å². The molecule has 1 fully saturated rings. The molecule has 0 aliphatic carbocycles. The molecule has 1 aromatic carbocycles. The van der Waals surface area contributed by atoms with Gasteiger partial charge in [0.2, 0.25) is 5.89 Å². The van der Waals surface area contributed by atoms with Crippen molar-refractivity contribution in [2.75, 3.05) is 18.4 Å². The maximum Gasteiger partial charge on any atom is 0.256 e. The minimum absolute atomic E-state index is 0.0715. The summed E-state index contributed by atoms with van der Waals surface area (Å²) in [7, 11) is 0. The maximum absolute atomic E-state index is 12.8. The molecule has 1 aliphatic heterocycles. The minimum Gasteiger partial charge on any atom is -0.391 e. The summed E-state index contributed by atoms with van der Waals surface area (Å²) in [4.78, 5) is 18.8. The molecule has 0 spiro atoms. The molecule has 134 valence electrons. The molecule has 1 unspecified atom stereocenters. The van der Waals surface area contributed by atoms with E-state index in [2.05, 4.69) is 15.5 Å². The molecule has 1 aliphatic rings. The zero-order valence-corrected chi connectivity index (χ0v) is 14.6. The number of benzene rings is 1. The number of aliphatic hydroxyl groups excluding tert-OH is 1. The molecule has 0 saturated carbocycles. The Balaban J connectivity index is 1.70. The quantitative estimate of drug-likeness (QED) is 0.865. The summed E-state index contributed by atoms with van der Waals surface area (Å²) >= 11 is 0. The van der Waals surface area contributed by atoms with Gasteiger partial charge in [0, 0.05) is 24.7 Å². The third-order valence-corrected chi connectivity index (χ3v) is 4.26. The van der Waals surface area contributed by atoms with Gasteiger partial charge >= 0.3 is 0 Å². The van der Waals surface area contributed by atoms with Crippen molar-refractivity contribution in [2.45, 2.75) is 45.3 Å². The lowest BCUT2D eigenvalue weighted by Crippen LogP contribution is -2.42. The number of carbonyl (C=O) groups is 1. The second kappa shape index (κ2) is 7.65. The number of hydrogen-bond donors (Lipinski definition) is 2. The van der Waals surface area contributed by atoms with Crippen LogP contribution in [0.4, 0.5) is 5.69 Å². The van der Waals surface area contributed by atoms with Crippen molar-refractivity contribution in [1.29, 1.82) is 0 Å². The Kier molecular flexibility index (Phi) is 5.33. The second-order valence-corrected chi connectivity index (χ2v) is 6.65. The number of para-hydroxylation sites is 1. The van der Waals surface area contributed by atoms with Gasteiger partial charge in [-0.25, -0.2) is 0 Å². The third-order valence-electron chi connectivity index (χ3n) is 4.26. The van der Waals surface area contributed by atoms with Crippen LogP contribution in [0.5, 0.6) is 0 Å². The van der Waals surface area contributed by atoms with Gasteiger partial charge < -0.3 is 19.8 Å². The van der Waals surface area contributed by atoms with E-state index < -0.39 is 6.10 Å². The fourth-order valence-electron chi connectivity index (χ4n) is 2.88. The van der Waals surface area contributed by atoms with Crippen LogP contribution in [0.3, 0.4) is 0 Å². The van der Waals surface area contributed by atoms with Crippen LogP contribution >= 0.6 is 0 Å². The van der Waals surface area contributed by atoms with Crippen LogP contribution in [0.25, 0.3) is 0 Å². The van der Waals surface area contributed by atoms with Crippen molar-refractivity contribution >= 4 is 11.6 Å². The van der Waals surface area contributed by atoms with Crippen LogP contribution in [-0.2, 0) is 6.54 Å². The summed E-state index contributed by atoms with van der Waals surface area (Å²) < 4.78 is 5.20. The average molecular weight is 344 g/mol. The number of aromatic nitrogens is 2. The Morgan fingerprint density at radius 1 is 1.44 bits per heavy atom. The van der Waals surface area contributed by atoms with E-state index in [1.54, 1.807) is 11.0 Å².